The zero-order chi connectivity index (χ0) is 26.4. The summed E-state index contributed by atoms with van der Waals surface area (Å²) in [4.78, 5) is 29.7. The van der Waals surface area contributed by atoms with Gasteiger partial charge in [-0.1, -0.05) is 54.1 Å². The largest absolute Gasteiger partial charge is 0.490 e. The molecule has 194 valence electrons. The molecular weight excluding hydrogens is 495 g/mol. The maximum atomic E-state index is 14.4. The molecule has 0 bridgehead atoms. The van der Waals surface area contributed by atoms with E-state index in [2.05, 4.69) is 0 Å². The van der Waals surface area contributed by atoms with Crippen molar-refractivity contribution < 1.29 is 23.5 Å². The molecule has 0 radical (unpaired) electrons. The van der Waals surface area contributed by atoms with Crippen molar-refractivity contribution in [1.82, 2.24) is 9.80 Å². The van der Waals surface area contributed by atoms with Crippen molar-refractivity contribution in [2.45, 2.75) is 25.5 Å². The van der Waals surface area contributed by atoms with Gasteiger partial charge in [0.1, 0.15) is 23.8 Å². The second kappa shape index (κ2) is 11.8. The van der Waals surface area contributed by atoms with Gasteiger partial charge >= 0.3 is 0 Å². The van der Waals surface area contributed by atoms with Gasteiger partial charge in [0.15, 0.2) is 0 Å². The third-order valence-electron chi connectivity index (χ3n) is 6.43. The maximum absolute atomic E-state index is 14.4. The van der Waals surface area contributed by atoms with E-state index in [9.17, 15) is 14.0 Å². The molecule has 37 heavy (non-hydrogen) atoms. The van der Waals surface area contributed by atoms with Gasteiger partial charge in [-0.15, -0.1) is 0 Å². The highest BCUT2D eigenvalue weighted by atomic mass is 35.5. The van der Waals surface area contributed by atoms with Crippen LogP contribution in [0.3, 0.4) is 0 Å². The molecule has 0 N–H and O–H groups in total. The lowest BCUT2D eigenvalue weighted by atomic mass is 9.96. The number of amides is 2. The third kappa shape index (κ3) is 6.67. The van der Waals surface area contributed by atoms with Crippen LogP contribution in [-0.4, -0.2) is 60.6 Å². The van der Waals surface area contributed by atoms with Gasteiger partial charge in [0.25, 0.3) is 5.91 Å². The molecule has 0 saturated carbocycles. The number of hydrogen-bond donors (Lipinski definition) is 0. The number of halogens is 2. The topological polar surface area (TPSA) is 59.1 Å². The number of carbonyl (C=O) groups is 2. The number of rotatable bonds is 8. The molecule has 1 fully saturated rings. The number of nitrogens with zero attached hydrogens (tertiary/aromatic N) is 2. The smallest absolute Gasteiger partial charge is 0.257 e. The van der Waals surface area contributed by atoms with Crippen molar-refractivity contribution in [3.8, 4) is 5.75 Å². The van der Waals surface area contributed by atoms with Crippen LogP contribution in [0, 0.1) is 12.7 Å². The van der Waals surface area contributed by atoms with E-state index in [1.165, 1.54) is 17.0 Å². The van der Waals surface area contributed by atoms with Crippen LogP contribution in [0.15, 0.2) is 72.8 Å². The molecule has 4 rings (SSSR count). The summed E-state index contributed by atoms with van der Waals surface area (Å²) in [6.07, 6.45) is -0.00996. The van der Waals surface area contributed by atoms with Crippen molar-refractivity contribution in [2.75, 3.05) is 33.4 Å². The van der Waals surface area contributed by atoms with Crippen LogP contribution in [0.4, 0.5) is 4.39 Å². The molecule has 8 heteroatoms. The van der Waals surface area contributed by atoms with Gasteiger partial charge < -0.3 is 19.3 Å². The van der Waals surface area contributed by atoms with Crippen molar-refractivity contribution in [2.24, 2.45) is 0 Å². The van der Waals surface area contributed by atoms with Crippen LogP contribution >= 0.6 is 11.6 Å². The summed E-state index contributed by atoms with van der Waals surface area (Å²) in [5, 5.41) is 0.621. The van der Waals surface area contributed by atoms with Gasteiger partial charge in [-0.2, -0.15) is 0 Å². The minimum Gasteiger partial charge on any atom is -0.490 e. The average Bonchev–Trinajstić information content (AvgIpc) is 2.90. The average molecular weight is 525 g/mol. The zero-order valence-electron chi connectivity index (χ0n) is 21.0. The number of morpholine rings is 1. The highest BCUT2D eigenvalue weighted by Gasteiger charge is 2.42. The molecule has 0 aliphatic carbocycles. The number of carbonyl (C=O) groups excluding carboxylic acids is 2. The summed E-state index contributed by atoms with van der Waals surface area (Å²) < 4.78 is 26.6. The van der Waals surface area contributed by atoms with Crippen LogP contribution in [-0.2, 0) is 16.1 Å². The monoisotopic (exact) mass is 524 g/mol. The highest BCUT2D eigenvalue weighted by Crippen LogP contribution is 2.28. The lowest BCUT2D eigenvalue weighted by Gasteiger charge is -2.42. The molecule has 1 aliphatic rings. The van der Waals surface area contributed by atoms with Crippen LogP contribution in [0.25, 0.3) is 0 Å². The molecule has 1 aliphatic heterocycles. The van der Waals surface area contributed by atoms with Gasteiger partial charge in [0.2, 0.25) is 5.91 Å². The summed E-state index contributed by atoms with van der Waals surface area (Å²) in [6, 6.07) is 20.9. The van der Waals surface area contributed by atoms with E-state index < -0.39 is 17.3 Å². The quantitative estimate of drug-likeness (QED) is 0.410. The first-order valence-corrected chi connectivity index (χ1v) is 12.5. The predicted octanol–water partition coefficient (Wildman–Crippen LogP) is 5.13. The Hall–Kier alpha value is -3.42. The van der Waals surface area contributed by atoms with E-state index in [1.807, 2.05) is 43.3 Å². The molecule has 3 aromatic rings. The molecule has 0 spiro atoms. The Bertz CT molecular complexity index is 1260. The Morgan fingerprint density at radius 2 is 1.84 bits per heavy atom. The molecule has 1 heterocycles. The summed E-state index contributed by atoms with van der Waals surface area (Å²) in [7, 11) is 1.73. The second-order valence-corrected chi connectivity index (χ2v) is 9.76. The first-order valence-electron chi connectivity index (χ1n) is 12.1. The van der Waals surface area contributed by atoms with Crippen molar-refractivity contribution >= 4 is 23.4 Å². The fraction of sp³-hybridized carbons (Fsp3) is 0.310. The second-order valence-electron chi connectivity index (χ2n) is 9.35. The first kappa shape index (κ1) is 26.6. The zero-order valence-corrected chi connectivity index (χ0v) is 21.7. The number of ether oxygens (including phenoxy) is 2. The molecule has 6 nitrogen and oxygen atoms in total. The van der Waals surface area contributed by atoms with Crippen LogP contribution in [0.5, 0.6) is 5.75 Å². The van der Waals surface area contributed by atoms with Gasteiger partial charge in [-0.25, -0.2) is 4.39 Å². The van der Waals surface area contributed by atoms with Gasteiger partial charge in [-0.05, 0) is 48.4 Å². The Morgan fingerprint density at radius 3 is 2.57 bits per heavy atom. The summed E-state index contributed by atoms with van der Waals surface area (Å²) in [5.41, 5.74) is 0.725. The molecular formula is C29H30ClFN2O4. The van der Waals surface area contributed by atoms with Crippen LogP contribution < -0.4 is 4.74 Å². The molecule has 1 saturated heterocycles. The lowest BCUT2D eigenvalue weighted by molar-refractivity contribution is -0.152. The van der Waals surface area contributed by atoms with Gasteiger partial charge in [-0.3, -0.25) is 9.59 Å². The lowest BCUT2D eigenvalue weighted by Crippen LogP contribution is -2.58. The predicted molar refractivity (Wildman–Crippen MR) is 140 cm³/mol. The summed E-state index contributed by atoms with van der Waals surface area (Å²) >= 11 is 6.15. The Kier molecular flexibility index (Phi) is 8.46. The summed E-state index contributed by atoms with van der Waals surface area (Å²) in [5.74, 6) is -0.609. The highest BCUT2D eigenvalue weighted by molar-refractivity contribution is 6.31. The van der Waals surface area contributed by atoms with E-state index in [0.29, 0.717) is 17.3 Å². The van der Waals surface area contributed by atoms with Gasteiger partial charge in [0, 0.05) is 25.2 Å². The molecule has 3 aromatic carbocycles. The minimum atomic E-state index is -1.12. The molecule has 1 atom stereocenters. The number of hydrogen-bond acceptors (Lipinski definition) is 4. The molecule has 2 amide bonds. The van der Waals surface area contributed by atoms with E-state index >= 15 is 0 Å². The van der Waals surface area contributed by atoms with Crippen LogP contribution in [0.1, 0.15) is 27.9 Å². The third-order valence-corrected chi connectivity index (χ3v) is 6.86. The van der Waals surface area contributed by atoms with Crippen LogP contribution in [0.2, 0.25) is 5.02 Å². The van der Waals surface area contributed by atoms with E-state index in [-0.39, 0.29) is 44.2 Å². The van der Waals surface area contributed by atoms with E-state index in [4.69, 9.17) is 21.1 Å². The Balaban J connectivity index is 1.55. The molecule has 0 unspecified atom stereocenters. The summed E-state index contributed by atoms with van der Waals surface area (Å²) in [6.45, 7) is 2.89. The van der Waals surface area contributed by atoms with E-state index in [0.717, 1.165) is 11.1 Å². The normalized spacial score (nSPS) is 17.4. The standard InChI is InChI=1S/C29H30ClFN2O4/c1-21-16-23(12-13-25(21)30)36-20-29(17-27(34)32(2)18-22-8-4-3-5-9-22)19-33(14-15-37-29)28(35)24-10-6-7-11-26(24)31/h3-13,16H,14-15,17-20H2,1-2H3/t29-/m1/s1. The minimum absolute atomic E-state index is 0.00996. The Morgan fingerprint density at radius 1 is 1.11 bits per heavy atom. The van der Waals surface area contributed by atoms with E-state index in [1.54, 1.807) is 36.2 Å². The number of benzene rings is 3. The Labute approximate surface area is 221 Å². The molecule has 0 aromatic heterocycles. The number of aryl methyl sites for hydroxylation is 1. The van der Waals surface area contributed by atoms with Gasteiger partial charge in [0.05, 0.1) is 25.1 Å². The van der Waals surface area contributed by atoms with Crippen molar-refractivity contribution in [3.63, 3.8) is 0 Å². The first-order chi connectivity index (χ1) is 17.8. The fourth-order valence-corrected chi connectivity index (χ4v) is 4.46. The van der Waals surface area contributed by atoms with Crippen molar-refractivity contribution in [3.05, 3.63) is 100 Å². The fourth-order valence-electron chi connectivity index (χ4n) is 4.35. The SMILES string of the molecule is Cc1cc(OC[C@@]2(CC(=O)N(C)Cc3ccccc3)CN(C(=O)c3ccccc3F)CCO2)ccc1Cl. The maximum Gasteiger partial charge on any atom is 0.257 e. The van der Waals surface area contributed by atoms with Crippen molar-refractivity contribution in [1.29, 1.82) is 0 Å².